The van der Waals surface area contributed by atoms with Crippen LogP contribution in [0.2, 0.25) is 0 Å². The van der Waals surface area contributed by atoms with E-state index < -0.39 is 5.97 Å². The Morgan fingerprint density at radius 1 is 1.56 bits per heavy atom. The summed E-state index contributed by atoms with van der Waals surface area (Å²) in [6.45, 7) is 5.34. The van der Waals surface area contributed by atoms with Crippen molar-refractivity contribution in [2.24, 2.45) is 5.41 Å². The van der Waals surface area contributed by atoms with Crippen molar-refractivity contribution in [1.82, 2.24) is 4.90 Å². The fourth-order valence-electron chi connectivity index (χ4n) is 2.02. The van der Waals surface area contributed by atoms with Gasteiger partial charge in [0.1, 0.15) is 6.04 Å². The molecule has 1 atom stereocenters. The van der Waals surface area contributed by atoms with Crippen LogP contribution in [-0.2, 0) is 4.79 Å². The first-order valence-corrected chi connectivity index (χ1v) is 5.84. The van der Waals surface area contributed by atoms with Crippen LogP contribution < -0.4 is 0 Å². The highest BCUT2D eigenvalue weighted by Gasteiger charge is 2.29. The minimum absolute atomic E-state index is 0.344. The van der Waals surface area contributed by atoms with Gasteiger partial charge in [-0.2, -0.15) is 5.26 Å². The third kappa shape index (κ3) is 3.49. The summed E-state index contributed by atoms with van der Waals surface area (Å²) in [7, 11) is 0. The van der Waals surface area contributed by atoms with Gasteiger partial charge < -0.3 is 5.11 Å². The number of hydrogen-bond acceptors (Lipinski definition) is 3. The first kappa shape index (κ1) is 13.0. The molecule has 0 aromatic carbocycles. The largest absolute Gasteiger partial charge is 0.480 e. The molecule has 4 heteroatoms. The molecule has 0 spiro atoms. The second kappa shape index (κ2) is 5.31. The minimum atomic E-state index is -0.727. The monoisotopic (exact) mass is 224 g/mol. The lowest BCUT2D eigenvalue weighted by Crippen LogP contribution is -2.45. The number of aliphatic carboxylic acids is 1. The maximum atomic E-state index is 11.1. The zero-order valence-corrected chi connectivity index (χ0v) is 10.1. The van der Waals surface area contributed by atoms with Crippen LogP contribution in [0.4, 0.5) is 0 Å². The number of carboxylic acids is 1. The molecule has 1 heterocycles. The molecule has 0 saturated carbocycles. The number of carbonyl (C=O) groups is 1. The molecule has 0 amide bonds. The molecular weight excluding hydrogens is 204 g/mol. The lowest BCUT2D eigenvalue weighted by Gasteiger charge is -2.34. The molecule has 1 aliphatic rings. The van der Waals surface area contributed by atoms with Crippen molar-refractivity contribution in [3.63, 3.8) is 0 Å². The van der Waals surface area contributed by atoms with Crippen LogP contribution in [0, 0.1) is 16.7 Å². The molecule has 1 aliphatic heterocycles. The molecule has 0 radical (unpaired) electrons. The summed E-state index contributed by atoms with van der Waals surface area (Å²) >= 11 is 0. The zero-order valence-electron chi connectivity index (χ0n) is 10.1. The van der Waals surface area contributed by atoms with E-state index in [1.54, 1.807) is 0 Å². The third-order valence-electron chi connectivity index (χ3n) is 3.23. The molecule has 1 rings (SSSR count). The number of rotatable bonds is 4. The van der Waals surface area contributed by atoms with E-state index in [9.17, 15) is 4.79 Å². The van der Waals surface area contributed by atoms with Gasteiger partial charge >= 0.3 is 5.97 Å². The van der Waals surface area contributed by atoms with E-state index in [-0.39, 0.29) is 11.5 Å². The van der Waals surface area contributed by atoms with Gasteiger partial charge in [0, 0.05) is 6.54 Å². The summed E-state index contributed by atoms with van der Waals surface area (Å²) in [5.41, 5.74) is -0.361. The molecule has 0 aromatic heterocycles. The molecule has 0 aromatic rings. The Morgan fingerprint density at radius 2 is 2.25 bits per heavy atom. The van der Waals surface area contributed by atoms with Crippen LogP contribution in [0.3, 0.4) is 0 Å². The molecule has 0 bridgehead atoms. The highest BCUT2D eigenvalue weighted by atomic mass is 16.4. The fourth-order valence-corrected chi connectivity index (χ4v) is 2.02. The van der Waals surface area contributed by atoms with Gasteiger partial charge in [0.15, 0.2) is 0 Å². The molecular formula is C12H20N2O2. The van der Waals surface area contributed by atoms with Crippen LogP contribution in [0.25, 0.3) is 0 Å². The lowest BCUT2D eigenvalue weighted by atomic mass is 9.90. The summed E-state index contributed by atoms with van der Waals surface area (Å²) in [5.74, 6) is -0.727. The molecule has 1 saturated heterocycles. The Kier molecular flexibility index (Phi) is 4.31. The number of nitrogens with zero attached hydrogens (tertiary/aromatic N) is 2. The van der Waals surface area contributed by atoms with Gasteiger partial charge in [-0.1, -0.05) is 6.42 Å². The van der Waals surface area contributed by atoms with E-state index in [0.717, 1.165) is 32.2 Å². The van der Waals surface area contributed by atoms with E-state index in [2.05, 4.69) is 6.07 Å². The van der Waals surface area contributed by atoms with Gasteiger partial charge in [-0.25, -0.2) is 0 Å². The average Bonchev–Trinajstić information content (AvgIpc) is 2.27. The molecule has 16 heavy (non-hydrogen) atoms. The number of likely N-dealkylation sites (tertiary alicyclic amines) is 1. The maximum Gasteiger partial charge on any atom is 0.320 e. The van der Waals surface area contributed by atoms with Gasteiger partial charge in [-0.15, -0.1) is 0 Å². The SMILES string of the molecule is CC(C)(C#N)CCN1CCCCC1C(=O)O. The highest BCUT2D eigenvalue weighted by molar-refractivity contribution is 5.73. The van der Waals surface area contributed by atoms with Crippen molar-refractivity contribution in [2.45, 2.75) is 45.6 Å². The number of carboxylic acid groups (broad SMARTS) is 1. The zero-order chi connectivity index (χ0) is 12.2. The van der Waals surface area contributed by atoms with E-state index in [4.69, 9.17) is 10.4 Å². The molecule has 1 N–H and O–H groups in total. The van der Waals surface area contributed by atoms with Crippen LogP contribution in [-0.4, -0.2) is 35.1 Å². The average molecular weight is 224 g/mol. The van der Waals surface area contributed by atoms with E-state index in [1.165, 1.54) is 0 Å². The summed E-state index contributed by atoms with van der Waals surface area (Å²) in [4.78, 5) is 13.1. The van der Waals surface area contributed by atoms with E-state index in [0.29, 0.717) is 6.54 Å². The maximum absolute atomic E-state index is 11.1. The second-order valence-corrected chi connectivity index (χ2v) is 5.13. The Bertz CT molecular complexity index is 294. The van der Waals surface area contributed by atoms with Crippen LogP contribution in [0.5, 0.6) is 0 Å². The van der Waals surface area contributed by atoms with Crippen LogP contribution >= 0.6 is 0 Å². The van der Waals surface area contributed by atoms with Gasteiger partial charge in [0.25, 0.3) is 0 Å². The van der Waals surface area contributed by atoms with Crippen LogP contribution in [0.1, 0.15) is 39.5 Å². The minimum Gasteiger partial charge on any atom is -0.480 e. The number of hydrogen-bond donors (Lipinski definition) is 1. The fraction of sp³-hybridized carbons (Fsp3) is 0.833. The van der Waals surface area contributed by atoms with Gasteiger partial charge in [-0.3, -0.25) is 9.69 Å². The lowest BCUT2D eigenvalue weighted by molar-refractivity contribution is -0.144. The van der Waals surface area contributed by atoms with Crippen LogP contribution in [0.15, 0.2) is 0 Å². The predicted molar refractivity (Wildman–Crippen MR) is 60.9 cm³/mol. The second-order valence-electron chi connectivity index (χ2n) is 5.13. The van der Waals surface area contributed by atoms with Crippen molar-refractivity contribution in [2.75, 3.05) is 13.1 Å². The Morgan fingerprint density at radius 3 is 2.81 bits per heavy atom. The van der Waals surface area contributed by atoms with E-state index >= 15 is 0 Å². The summed E-state index contributed by atoms with van der Waals surface area (Å²) < 4.78 is 0. The molecule has 0 aliphatic carbocycles. The number of piperidine rings is 1. The third-order valence-corrected chi connectivity index (χ3v) is 3.23. The summed E-state index contributed by atoms with van der Waals surface area (Å²) in [5, 5.41) is 18.0. The molecule has 1 fully saturated rings. The topological polar surface area (TPSA) is 64.3 Å². The Balaban J connectivity index is 2.51. The van der Waals surface area contributed by atoms with E-state index in [1.807, 2.05) is 18.7 Å². The molecule has 4 nitrogen and oxygen atoms in total. The van der Waals surface area contributed by atoms with Crippen molar-refractivity contribution >= 4 is 5.97 Å². The molecule has 1 unspecified atom stereocenters. The first-order valence-electron chi connectivity index (χ1n) is 5.84. The quantitative estimate of drug-likeness (QED) is 0.791. The van der Waals surface area contributed by atoms with Gasteiger partial charge in [-0.05, 0) is 39.7 Å². The predicted octanol–water partition coefficient (Wildman–Crippen LogP) is 1.87. The Hall–Kier alpha value is -1.08. The first-order chi connectivity index (χ1) is 7.46. The van der Waals surface area contributed by atoms with Crippen molar-refractivity contribution in [3.05, 3.63) is 0 Å². The normalized spacial score (nSPS) is 22.7. The molecule has 90 valence electrons. The standard InChI is InChI=1S/C12H20N2O2/c1-12(2,9-13)6-8-14-7-4-3-5-10(14)11(15)16/h10H,3-8H2,1-2H3,(H,15,16). The van der Waals surface area contributed by atoms with Crippen molar-refractivity contribution in [3.8, 4) is 6.07 Å². The number of nitriles is 1. The Labute approximate surface area is 96.9 Å². The smallest absolute Gasteiger partial charge is 0.320 e. The van der Waals surface area contributed by atoms with Gasteiger partial charge in [0.05, 0.1) is 11.5 Å². The summed E-state index contributed by atoms with van der Waals surface area (Å²) in [6.07, 6.45) is 3.53. The summed E-state index contributed by atoms with van der Waals surface area (Å²) in [6, 6.07) is 1.91. The van der Waals surface area contributed by atoms with Crippen molar-refractivity contribution in [1.29, 1.82) is 5.26 Å². The highest BCUT2D eigenvalue weighted by Crippen LogP contribution is 2.23. The van der Waals surface area contributed by atoms with Crippen molar-refractivity contribution < 1.29 is 9.90 Å². The van der Waals surface area contributed by atoms with Gasteiger partial charge in [0.2, 0.25) is 0 Å².